The van der Waals surface area contributed by atoms with Gasteiger partial charge in [0.2, 0.25) is 0 Å². The zero-order valence-corrected chi connectivity index (χ0v) is 13.8. The number of benzene rings is 2. The summed E-state index contributed by atoms with van der Waals surface area (Å²) in [5, 5.41) is 21.3. The van der Waals surface area contributed by atoms with Crippen LogP contribution in [-0.4, -0.2) is 37.3 Å². The molecule has 1 atom stereocenters. The Morgan fingerprint density at radius 2 is 1.88 bits per heavy atom. The summed E-state index contributed by atoms with van der Waals surface area (Å²) in [5.41, 5.74) is 1.48. The largest absolute Gasteiger partial charge is 0.497 e. The van der Waals surface area contributed by atoms with Gasteiger partial charge >= 0.3 is 7.12 Å². The van der Waals surface area contributed by atoms with Crippen molar-refractivity contribution < 1.29 is 24.3 Å². The van der Waals surface area contributed by atoms with Crippen LogP contribution < -0.4 is 20.3 Å². The molecule has 24 heavy (non-hydrogen) atoms. The number of methoxy groups -OCH3 is 2. The smallest absolute Gasteiger partial charge is 0.488 e. The minimum absolute atomic E-state index is 0.236. The molecule has 0 bridgehead atoms. The Labute approximate surface area is 141 Å². The molecular formula is C17H20BNO5. The van der Waals surface area contributed by atoms with Crippen molar-refractivity contribution in [3.8, 4) is 11.5 Å². The molecule has 1 amide bonds. The van der Waals surface area contributed by atoms with E-state index in [0.717, 1.165) is 5.56 Å². The van der Waals surface area contributed by atoms with E-state index < -0.39 is 7.12 Å². The molecule has 2 aromatic rings. The van der Waals surface area contributed by atoms with Crippen LogP contribution in [0.2, 0.25) is 0 Å². The molecule has 0 heterocycles. The van der Waals surface area contributed by atoms with Crippen LogP contribution in [0.15, 0.2) is 42.5 Å². The fourth-order valence-corrected chi connectivity index (χ4v) is 2.32. The van der Waals surface area contributed by atoms with Gasteiger partial charge in [-0.05, 0) is 42.2 Å². The molecule has 0 radical (unpaired) electrons. The van der Waals surface area contributed by atoms with E-state index in [1.165, 1.54) is 25.3 Å². The molecule has 0 aliphatic carbocycles. The van der Waals surface area contributed by atoms with Crippen molar-refractivity contribution in [2.24, 2.45) is 0 Å². The van der Waals surface area contributed by atoms with Crippen molar-refractivity contribution in [1.82, 2.24) is 5.32 Å². The van der Waals surface area contributed by atoms with Crippen LogP contribution in [0.3, 0.4) is 0 Å². The second-order valence-electron chi connectivity index (χ2n) is 5.31. The first-order valence-electron chi connectivity index (χ1n) is 7.45. The number of amides is 1. The van der Waals surface area contributed by atoms with Gasteiger partial charge in [-0.3, -0.25) is 4.79 Å². The molecule has 0 saturated carbocycles. The lowest BCUT2D eigenvalue weighted by molar-refractivity contribution is 0.0936. The zero-order chi connectivity index (χ0) is 17.7. The number of nitrogens with one attached hydrogen (secondary N) is 1. The van der Waals surface area contributed by atoms with Crippen LogP contribution in [0.1, 0.15) is 28.9 Å². The summed E-state index contributed by atoms with van der Waals surface area (Å²) in [4.78, 5) is 12.5. The van der Waals surface area contributed by atoms with Crippen molar-refractivity contribution in [2.75, 3.05) is 14.2 Å². The fraction of sp³-hybridized carbons (Fsp3) is 0.235. The van der Waals surface area contributed by atoms with Crippen molar-refractivity contribution in [1.29, 1.82) is 0 Å². The molecule has 2 aromatic carbocycles. The maximum atomic E-state index is 12.5. The van der Waals surface area contributed by atoms with Gasteiger partial charge in [-0.2, -0.15) is 0 Å². The predicted octanol–water partition coefficient (Wildman–Crippen LogP) is 0.875. The van der Waals surface area contributed by atoms with Crippen LogP contribution in [-0.2, 0) is 0 Å². The summed E-state index contributed by atoms with van der Waals surface area (Å²) >= 11 is 0. The summed E-state index contributed by atoms with van der Waals surface area (Å²) in [5.74, 6) is 0.671. The van der Waals surface area contributed by atoms with Gasteiger partial charge in [0.05, 0.1) is 25.8 Å². The van der Waals surface area contributed by atoms with Crippen molar-refractivity contribution in [2.45, 2.75) is 13.0 Å². The highest BCUT2D eigenvalue weighted by Crippen LogP contribution is 2.21. The zero-order valence-electron chi connectivity index (χ0n) is 13.8. The Kier molecular flexibility index (Phi) is 5.84. The van der Waals surface area contributed by atoms with E-state index in [4.69, 9.17) is 9.47 Å². The van der Waals surface area contributed by atoms with Gasteiger partial charge in [-0.25, -0.2) is 0 Å². The minimum Gasteiger partial charge on any atom is -0.497 e. The van der Waals surface area contributed by atoms with E-state index in [9.17, 15) is 14.8 Å². The van der Waals surface area contributed by atoms with E-state index in [1.807, 2.05) is 31.2 Å². The normalized spacial score (nSPS) is 11.5. The lowest BCUT2D eigenvalue weighted by atomic mass is 9.80. The van der Waals surface area contributed by atoms with Crippen molar-refractivity contribution in [3.05, 3.63) is 53.6 Å². The summed E-state index contributed by atoms with van der Waals surface area (Å²) < 4.78 is 10.4. The fourth-order valence-electron chi connectivity index (χ4n) is 2.32. The highest BCUT2D eigenvalue weighted by atomic mass is 16.5. The SMILES string of the molecule is COc1cccc(C(C)NC(=O)c2ccc(B(O)O)cc2OC)c1. The standard InChI is InChI=1S/C17H20BNO5/c1-11(12-5-4-6-14(9-12)23-2)19-17(20)15-8-7-13(18(21)22)10-16(15)24-3/h4-11,21-22H,1-3H3,(H,19,20). The summed E-state index contributed by atoms with van der Waals surface area (Å²) in [6.45, 7) is 1.87. The Morgan fingerprint density at radius 3 is 2.50 bits per heavy atom. The first kappa shape index (κ1) is 17.8. The van der Waals surface area contributed by atoms with Crippen LogP contribution in [0.25, 0.3) is 0 Å². The van der Waals surface area contributed by atoms with Gasteiger partial charge in [-0.1, -0.05) is 18.2 Å². The Hall–Kier alpha value is -2.51. The molecule has 6 nitrogen and oxygen atoms in total. The number of carbonyl (C=O) groups excluding carboxylic acids is 1. The minimum atomic E-state index is -1.62. The highest BCUT2D eigenvalue weighted by molar-refractivity contribution is 6.58. The summed E-state index contributed by atoms with van der Waals surface area (Å²) in [7, 11) is 1.39. The molecule has 2 rings (SSSR count). The molecule has 0 spiro atoms. The summed E-state index contributed by atoms with van der Waals surface area (Å²) in [6, 6.07) is 11.6. The number of hydrogen-bond acceptors (Lipinski definition) is 5. The lowest BCUT2D eigenvalue weighted by Gasteiger charge is -2.17. The van der Waals surface area contributed by atoms with Gasteiger partial charge in [-0.15, -0.1) is 0 Å². The third-order valence-electron chi connectivity index (χ3n) is 3.71. The molecule has 0 aromatic heterocycles. The average molecular weight is 329 g/mol. The topological polar surface area (TPSA) is 88.0 Å². The second-order valence-corrected chi connectivity index (χ2v) is 5.31. The molecule has 0 saturated heterocycles. The quantitative estimate of drug-likeness (QED) is 0.685. The number of ether oxygens (including phenoxy) is 2. The molecule has 0 aliphatic rings. The number of hydrogen-bond donors (Lipinski definition) is 3. The molecule has 7 heteroatoms. The van der Waals surface area contributed by atoms with Gasteiger partial charge in [0, 0.05) is 0 Å². The molecule has 1 unspecified atom stereocenters. The Morgan fingerprint density at radius 1 is 1.12 bits per heavy atom. The van der Waals surface area contributed by atoms with Gasteiger partial charge in [0.25, 0.3) is 5.91 Å². The van der Waals surface area contributed by atoms with Gasteiger partial charge in [0.1, 0.15) is 11.5 Å². The number of carbonyl (C=O) groups is 1. The molecule has 0 aliphatic heterocycles. The third kappa shape index (κ3) is 4.07. The summed E-state index contributed by atoms with van der Waals surface area (Å²) in [6.07, 6.45) is 0. The average Bonchev–Trinajstić information content (AvgIpc) is 2.60. The van der Waals surface area contributed by atoms with Crippen LogP contribution in [0, 0.1) is 0 Å². The molecule has 126 valence electrons. The van der Waals surface area contributed by atoms with Crippen molar-refractivity contribution >= 4 is 18.5 Å². The lowest BCUT2D eigenvalue weighted by Crippen LogP contribution is -2.31. The second kappa shape index (κ2) is 7.85. The van der Waals surface area contributed by atoms with Crippen molar-refractivity contribution in [3.63, 3.8) is 0 Å². The molecule has 3 N–H and O–H groups in total. The van der Waals surface area contributed by atoms with Gasteiger partial charge < -0.3 is 24.8 Å². The van der Waals surface area contributed by atoms with Crippen LogP contribution in [0.4, 0.5) is 0 Å². The van der Waals surface area contributed by atoms with E-state index in [-0.39, 0.29) is 23.2 Å². The third-order valence-corrected chi connectivity index (χ3v) is 3.71. The van der Waals surface area contributed by atoms with E-state index in [2.05, 4.69) is 5.32 Å². The first-order valence-corrected chi connectivity index (χ1v) is 7.45. The molecule has 0 fully saturated rings. The Bertz CT molecular complexity index is 720. The van der Waals surface area contributed by atoms with E-state index in [0.29, 0.717) is 11.3 Å². The molecular weight excluding hydrogens is 309 g/mol. The van der Waals surface area contributed by atoms with E-state index >= 15 is 0 Å². The first-order chi connectivity index (χ1) is 11.5. The van der Waals surface area contributed by atoms with E-state index in [1.54, 1.807) is 7.11 Å². The predicted molar refractivity (Wildman–Crippen MR) is 91.7 cm³/mol. The maximum Gasteiger partial charge on any atom is 0.488 e. The highest BCUT2D eigenvalue weighted by Gasteiger charge is 2.19. The monoisotopic (exact) mass is 329 g/mol. The Balaban J connectivity index is 2.19. The number of rotatable bonds is 6. The maximum absolute atomic E-state index is 12.5. The van der Waals surface area contributed by atoms with Crippen LogP contribution in [0.5, 0.6) is 11.5 Å². The van der Waals surface area contributed by atoms with Crippen LogP contribution >= 0.6 is 0 Å². The van der Waals surface area contributed by atoms with Gasteiger partial charge in [0.15, 0.2) is 0 Å².